The first-order valence-corrected chi connectivity index (χ1v) is 9.22. The molecule has 4 N–H and O–H groups in total. The van der Waals surface area contributed by atoms with Gasteiger partial charge in [-0.05, 0) is 63.8 Å². The molecule has 8 heteroatoms. The molecule has 27 heavy (non-hydrogen) atoms. The van der Waals surface area contributed by atoms with Crippen molar-refractivity contribution < 1.29 is 4.39 Å². The highest BCUT2D eigenvalue weighted by atomic mass is 19.1. The van der Waals surface area contributed by atoms with Crippen molar-refractivity contribution >= 4 is 17.6 Å². The molecule has 7 nitrogen and oxygen atoms in total. The van der Waals surface area contributed by atoms with Crippen LogP contribution in [0.5, 0.6) is 0 Å². The SMILES string of the molecule is Cc1cc(C)n(-c2ccc(N3C(N)=NC(N)=NC34CCCCC4)cc2F)n1. The number of guanidine groups is 2. The summed E-state index contributed by atoms with van der Waals surface area (Å²) >= 11 is 0. The Hall–Kier alpha value is -2.90. The van der Waals surface area contributed by atoms with Crippen LogP contribution in [0.25, 0.3) is 5.69 Å². The monoisotopic (exact) mass is 369 g/mol. The van der Waals surface area contributed by atoms with E-state index in [1.165, 1.54) is 6.07 Å². The first-order valence-electron chi connectivity index (χ1n) is 9.22. The number of anilines is 1. The van der Waals surface area contributed by atoms with Crippen LogP contribution in [0.1, 0.15) is 43.5 Å². The molecule has 0 unspecified atom stereocenters. The third kappa shape index (κ3) is 2.94. The van der Waals surface area contributed by atoms with E-state index >= 15 is 4.39 Å². The Morgan fingerprint density at radius 2 is 1.81 bits per heavy atom. The molecule has 1 aromatic heterocycles. The van der Waals surface area contributed by atoms with Crippen LogP contribution in [0.3, 0.4) is 0 Å². The molecule has 1 aliphatic carbocycles. The molecule has 1 aromatic carbocycles. The molecule has 0 amide bonds. The minimum atomic E-state index is -0.583. The summed E-state index contributed by atoms with van der Waals surface area (Å²) in [6, 6.07) is 6.94. The number of nitrogens with two attached hydrogens (primary N) is 2. The lowest BCUT2D eigenvalue weighted by Gasteiger charge is -2.45. The summed E-state index contributed by atoms with van der Waals surface area (Å²) in [5, 5.41) is 4.37. The second-order valence-electron chi connectivity index (χ2n) is 7.29. The first-order chi connectivity index (χ1) is 12.9. The van der Waals surface area contributed by atoms with Gasteiger partial charge in [0.05, 0.1) is 5.69 Å². The Morgan fingerprint density at radius 3 is 2.44 bits per heavy atom. The zero-order chi connectivity index (χ0) is 19.2. The number of hydrogen-bond acceptors (Lipinski definition) is 6. The summed E-state index contributed by atoms with van der Waals surface area (Å²) < 4.78 is 16.6. The molecule has 2 heterocycles. The first kappa shape index (κ1) is 17.5. The molecule has 2 aliphatic rings. The molecule has 0 saturated heterocycles. The van der Waals surface area contributed by atoms with E-state index in [2.05, 4.69) is 15.1 Å². The lowest BCUT2D eigenvalue weighted by molar-refractivity contribution is 0.305. The average molecular weight is 369 g/mol. The number of hydrogen-bond donors (Lipinski definition) is 2. The maximum Gasteiger partial charge on any atom is 0.220 e. The van der Waals surface area contributed by atoms with Gasteiger partial charge in [0.15, 0.2) is 5.82 Å². The summed E-state index contributed by atoms with van der Waals surface area (Å²) in [4.78, 5) is 10.6. The van der Waals surface area contributed by atoms with Crippen molar-refractivity contribution in [2.24, 2.45) is 21.5 Å². The van der Waals surface area contributed by atoms with E-state index in [1.54, 1.807) is 10.7 Å². The number of halogens is 1. The Labute approximate surface area is 157 Å². The van der Waals surface area contributed by atoms with Crippen LogP contribution in [-0.2, 0) is 0 Å². The second-order valence-corrected chi connectivity index (χ2v) is 7.29. The quantitative estimate of drug-likeness (QED) is 0.850. The van der Waals surface area contributed by atoms with Gasteiger partial charge in [-0.15, -0.1) is 0 Å². The number of aliphatic imine (C=N–C) groups is 2. The molecular weight excluding hydrogens is 345 g/mol. The minimum absolute atomic E-state index is 0.186. The summed E-state index contributed by atoms with van der Waals surface area (Å²) in [5.74, 6) is 0.0630. The fourth-order valence-corrected chi connectivity index (χ4v) is 4.17. The van der Waals surface area contributed by atoms with Gasteiger partial charge in [-0.3, -0.25) is 4.90 Å². The van der Waals surface area contributed by atoms with E-state index in [0.29, 0.717) is 11.4 Å². The van der Waals surface area contributed by atoms with Gasteiger partial charge in [-0.2, -0.15) is 10.1 Å². The predicted molar refractivity (Wildman–Crippen MR) is 105 cm³/mol. The van der Waals surface area contributed by atoms with E-state index in [4.69, 9.17) is 11.5 Å². The van der Waals surface area contributed by atoms with Crippen molar-refractivity contribution in [2.75, 3.05) is 4.90 Å². The van der Waals surface area contributed by atoms with Gasteiger partial charge in [-0.1, -0.05) is 6.42 Å². The van der Waals surface area contributed by atoms with Crippen LogP contribution < -0.4 is 16.4 Å². The number of nitrogens with zero attached hydrogens (tertiary/aromatic N) is 5. The van der Waals surface area contributed by atoms with Crippen molar-refractivity contribution in [3.63, 3.8) is 0 Å². The van der Waals surface area contributed by atoms with Gasteiger partial charge >= 0.3 is 0 Å². The topological polar surface area (TPSA) is 97.8 Å². The van der Waals surface area contributed by atoms with Crippen LogP contribution in [0.4, 0.5) is 10.1 Å². The number of aryl methyl sites for hydroxylation is 2. The lowest BCUT2D eigenvalue weighted by Crippen LogP contribution is -2.58. The van der Waals surface area contributed by atoms with Crippen LogP contribution in [0.2, 0.25) is 0 Å². The highest BCUT2D eigenvalue weighted by molar-refractivity contribution is 6.05. The van der Waals surface area contributed by atoms with Crippen LogP contribution >= 0.6 is 0 Å². The number of aromatic nitrogens is 2. The molecule has 2 aromatic rings. The van der Waals surface area contributed by atoms with Crippen molar-refractivity contribution in [3.8, 4) is 5.69 Å². The van der Waals surface area contributed by atoms with Crippen molar-refractivity contribution in [2.45, 2.75) is 51.6 Å². The number of rotatable bonds is 2. The van der Waals surface area contributed by atoms with Crippen LogP contribution in [0, 0.1) is 19.7 Å². The van der Waals surface area contributed by atoms with E-state index < -0.39 is 5.66 Å². The molecule has 0 bridgehead atoms. The molecule has 1 aliphatic heterocycles. The largest absolute Gasteiger partial charge is 0.369 e. The highest BCUT2D eigenvalue weighted by Gasteiger charge is 2.42. The summed E-state index contributed by atoms with van der Waals surface area (Å²) in [7, 11) is 0. The Bertz CT molecular complexity index is 938. The maximum atomic E-state index is 15.0. The zero-order valence-electron chi connectivity index (χ0n) is 15.6. The Morgan fingerprint density at radius 1 is 1.07 bits per heavy atom. The van der Waals surface area contributed by atoms with Crippen molar-refractivity contribution in [3.05, 3.63) is 41.5 Å². The Kier molecular flexibility index (Phi) is 4.13. The van der Waals surface area contributed by atoms with Gasteiger partial charge < -0.3 is 11.5 Å². The number of benzene rings is 1. The molecule has 1 fully saturated rings. The predicted octanol–water partition coefficient (Wildman–Crippen LogP) is 2.74. The van der Waals surface area contributed by atoms with Gasteiger partial charge in [-0.25, -0.2) is 14.1 Å². The van der Waals surface area contributed by atoms with Gasteiger partial charge in [0.1, 0.15) is 11.4 Å². The summed E-state index contributed by atoms with van der Waals surface area (Å²) in [6.45, 7) is 3.78. The third-order valence-electron chi connectivity index (χ3n) is 5.28. The fourth-order valence-electron chi connectivity index (χ4n) is 4.17. The molecule has 142 valence electrons. The zero-order valence-corrected chi connectivity index (χ0v) is 15.6. The summed E-state index contributed by atoms with van der Waals surface area (Å²) in [6.07, 6.45) is 4.81. The van der Waals surface area contributed by atoms with Crippen molar-refractivity contribution in [1.29, 1.82) is 0 Å². The average Bonchev–Trinajstić information content (AvgIpc) is 2.93. The maximum absolute atomic E-state index is 15.0. The van der Waals surface area contributed by atoms with Crippen LogP contribution in [-0.4, -0.2) is 27.4 Å². The van der Waals surface area contributed by atoms with E-state index in [-0.39, 0.29) is 17.7 Å². The van der Waals surface area contributed by atoms with Gasteiger partial charge in [0.2, 0.25) is 11.9 Å². The van der Waals surface area contributed by atoms with Crippen molar-refractivity contribution in [1.82, 2.24) is 9.78 Å². The normalized spacial score (nSPS) is 19.1. The van der Waals surface area contributed by atoms with E-state index in [9.17, 15) is 0 Å². The fraction of sp³-hybridized carbons (Fsp3) is 0.421. The van der Waals surface area contributed by atoms with Gasteiger partial charge in [0, 0.05) is 11.4 Å². The Balaban J connectivity index is 1.77. The highest BCUT2D eigenvalue weighted by Crippen LogP contribution is 2.40. The lowest BCUT2D eigenvalue weighted by atomic mass is 9.87. The van der Waals surface area contributed by atoms with Gasteiger partial charge in [0.25, 0.3) is 0 Å². The summed E-state index contributed by atoms with van der Waals surface area (Å²) in [5.41, 5.74) is 14.3. The van der Waals surface area contributed by atoms with Crippen LogP contribution in [0.15, 0.2) is 34.3 Å². The molecule has 1 saturated carbocycles. The molecule has 1 spiro atoms. The molecular formula is C19H24FN7. The molecule has 4 rings (SSSR count). The molecule has 0 radical (unpaired) electrons. The minimum Gasteiger partial charge on any atom is -0.369 e. The van der Waals surface area contributed by atoms with E-state index in [0.717, 1.165) is 43.5 Å². The standard InChI is InChI=1S/C19H24FN7/c1-12-10-13(2)27(25-12)16-7-6-14(11-15(16)20)26-18(22)23-17(21)24-19(26)8-4-3-5-9-19/h6-7,10-11H,3-5,8-9H2,1-2H3,(H4,21,22,23,24). The van der Waals surface area contributed by atoms with E-state index in [1.807, 2.05) is 30.9 Å². The molecule has 0 atom stereocenters. The second kappa shape index (κ2) is 6.37. The smallest absolute Gasteiger partial charge is 0.220 e. The third-order valence-corrected chi connectivity index (χ3v) is 5.28.